The van der Waals surface area contributed by atoms with Gasteiger partial charge in [0, 0.05) is 6.54 Å². The summed E-state index contributed by atoms with van der Waals surface area (Å²) in [5.74, 6) is 0.686. The maximum absolute atomic E-state index is 5.21. The largest absolute Gasteiger partial charge is 0.370 e. The van der Waals surface area contributed by atoms with Gasteiger partial charge in [-0.05, 0) is 11.3 Å². The highest BCUT2D eigenvalue weighted by molar-refractivity contribution is 5.75. The fourth-order valence-electron chi connectivity index (χ4n) is 0.516. The van der Waals surface area contributed by atoms with E-state index in [-0.39, 0.29) is 11.4 Å². The molecule has 11 heavy (non-hydrogen) atoms. The summed E-state index contributed by atoms with van der Waals surface area (Å²) in [6.45, 7) is 9.40. The standard InChI is InChI=1S/C8H19N3/c1-6(8(2,3)4)5-11-7(9)10/h6H,5H2,1-4H3,(H4,9,10,11). The highest BCUT2D eigenvalue weighted by Crippen LogP contribution is 2.24. The van der Waals surface area contributed by atoms with E-state index in [0.717, 1.165) is 0 Å². The van der Waals surface area contributed by atoms with E-state index < -0.39 is 0 Å². The molecule has 0 aliphatic carbocycles. The number of nitrogens with two attached hydrogens (primary N) is 2. The van der Waals surface area contributed by atoms with E-state index >= 15 is 0 Å². The van der Waals surface area contributed by atoms with Crippen LogP contribution in [0, 0.1) is 11.3 Å². The topological polar surface area (TPSA) is 64.4 Å². The van der Waals surface area contributed by atoms with Gasteiger partial charge in [-0.25, -0.2) is 0 Å². The lowest BCUT2D eigenvalue weighted by Gasteiger charge is -2.25. The smallest absolute Gasteiger partial charge is 0.185 e. The Morgan fingerprint density at radius 3 is 2.09 bits per heavy atom. The van der Waals surface area contributed by atoms with Crippen LogP contribution in [-0.4, -0.2) is 12.5 Å². The van der Waals surface area contributed by atoms with Gasteiger partial charge in [0.25, 0.3) is 0 Å². The zero-order chi connectivity index (χ0) is 9.07. The third kappa shape index (κ3) is 4.65. The van der Waals surface area contributed by atoms with E-state index in [1.165, 1.54) is 0 Å². The summed E-state index contributed by atoms with van der Waals surface area (Å²) < 4.78 is 0. The molecule has 0 aliphatic rings. The van der Waals surface area contributed by atoms with E-state index in [9.17, 15) is 0 Å². The monoisotopic (exact) mass is 157 g/mol. The number of rotatable bonds is 2. The average molecular weight is 157 g/mol. The minimum atomic E-state index is 0.182. The zero-order valence-electron chi connectivity index (χ0n) is 7.89. The van der Waals surface area contributed by atoms with Crippen LogP contribution in [0.1, 0.15) is 27.7 Å². The van der Waals surface area contributed by atoms with Crippen molar-refractivity contribution in [3.05, 3.63) is 0 Å². The van der Waals surface area contributed by atoms with E-state index in [2.05, 4.69) is 32.7 Å². The van der Waals surface area contributed by atoms with Gasteiger partial charge < -0.3 is 11.5 Å². The van der Waals surface area contributed by atoms with Gasteiger partial charge in [-0.1, -0.05) is 27.7 Å². The first-order valence-corrected chi connectivity index (χ1v) is 3.89. The second-order valence-corrected chi connectivity index (χ2v) is 4.03. The molecule has 0 saturated heterocycles. The van der Waals surface area contributed by atoms with Gasteiger partial charge >= 0.3 is 0 Å². The molecule has 1 atom stereocenters. The second kappa shape index (κ2) is 3.60. The van der Waals surface area contributed by atoms with Crippen molar-refractivity contribution < 1.29 is 0 Å². The Balaban J connectivity index is 3.89. The average Bonchev–Trinajstić information content (AvgIpc) is 1.80. The molecule has 0 fully saturated rings. The number of guanidine groups is 1. The molecular weight excluding hydrogens is 138 g/mol. The Hall–Kier alpha value is -0.730. The van der Waals surface area contributed by atoms with Crippen molar-refractivity contribution in [1.82, 2.24) is 0 Å². The highest BCUT2D eigenvalue weighted by atomic mass is 15.0. The van der Waals surface area contributed by atoms with Gasteiger partial charge in [0.2, 0.25) is 0 Å². The molecular formula is C8H19N3. The van der Waals surface area contributed by atoms with Crippen molar-refractivity contribution in [3.8, 4) is 0 Å². The van der Waals surface area contributed by atoms with Gasteiger partial charge in [0.15, 0.2) is 5.96 Å². The van der Waals surface area contributed by atoms with Crippen LogP contribution in [0.15, 0.2) is 4.99 Å². The molecule has 66 valence electrons. The quantitative estimate of drug-likeness (QED) is 0.463. The normalized spacial score (nSPS) is 14.2. The van der Waals surface area contributed by atoms with E-state index in [1.54, 1.807) is 0 Å². The van der Waals surface area contributed by atoms with Crippen LogP contribution in [-0.2, 0) is 0 Å². The minimum Gasteiger partial charge on any atom is -0.370 e. The maximum atomic E-state index is 5.21. The molecule has 0 rings (SSSR count). The number of nitrogens with zero attached hydrogens (tertiary/aromatic N) is 1. The van der Waals surface area contributed by atoms with Crippen LogP contribution < -0.4 is 11.5 Å². The van der Waals surface area contributed by atoms with E-state index in [0.29, 0.717) is 12.5 Å². The lowest BCUT2D eigenvalue weighted by Crippen LogP contribution is -2.26. The molecule has 0 aliphatic heterocycles. The lowest BCUT2D eigenvalue weighted by atomic mass is 9.82. The van der Waals surface area contributed by atoms with Crippen molar-refractivity contribution in [2.24, 2.45) is 27.8 Å². The second-order valence-electron chi connectivity index (χ2n) is 4.03. The van der Waals surface area contributed by atoms with E-state index in [1.807, 2.05) is 0 Å². The van der Waals surface area contributed by atoms with Crippen molar-refractivity contribution in [3.63, 3.8) is 0 Å². The summed E-state index contributed by atoms with van der Waals surface area (Å²) in [7, 11) is 0. The summed E-state index contributed by atoms with van der Waals surface area (Å²) >= 11 is 0. The number of hydrogen-bond donors (Lipinski definition) is 2. The van der Waals surface area contributed by atoms with Crippen LogP contribution >= 0.6 is 0 Å². The summed E-state index contributed by atoms with van der Waals surface area (Å²) in [4.78, 5) is 3.96. The molecule has 0 heterocycles. The highest BCUT2D eigenvalue weighted by Gasteiger charge is 2.18. The Labute approximate surface area is 68.9 Å². The van der Waals surface area contributed by atoms with Crippen LogP contribution in [0.3, 0.4) is 0 Å². The molecule has 0 spiro atoms. The Morgan fingerprint density at radius 1 is 1.36 bits per heavy atom. The third-order valence-corrected chi connectivity index (χ3v) is 2.03. The van der Waals surface area contributed by atoms with Gasteiger partial charge in [-0.2, -0.15) is 0 Å². The van der Waals surface area contributed by atoms with Gasteiger partial charge in [0.1, 0.15) is 0 Å². The molecule has 3 heteroatoms. The lowest BCUT2D eigenvalue weighted by molar-refractivity contribution is 0.269. The number of hydrogen-bond acceptors (Lipinski definition) is 1. The van der Waals surface area contributed by atoms with Gasteiger partial charge in [-0.15, -0.1) is 0 Å². The summed E-state index contributed by atoms with van der Waals surface area (Å²) in [6, 6.07) is 0. The van der Waals surface area contributed by atoms with Crippen molar-refractivity contribution in [2.75, 3.05) is 6.54 Å². The van der Waals surface area contributed by atoms with Crippen molar-refractivity contribution in [1.29, 1.82) is 0 Å². The molecule has 3 nitrogen and oxygen atoms in total. The SMILES string of the molecule is CC(CN=C(N)N)C(C)(C)C. The maximum Gasteiger partial charge on any atom is 0.185 e. The summed E-state index contributed by atoms with van der Waals surface area (Å²) in [6.07, 6.45) is 0. The van der Waals surface area contributed by atoms with Crippen LogP contribution in [0.2, 0.25) is 0 Å². The predicted octanol–water partition coefficient (Wildman–Crippen LogP) is 0.942. The van der Waals surface area contributed by atoms with E-state index in [4.69, 9.17) is 11.5 Å². The molecule has 0 bridgehead atoms. The molecule has 0 radical (unpaired) electrons. The first-order valence-electron chi connectivity index (χ1n) is 3.89. The Morgan fingerprint density at radius 2 is 1.82 bits per heavy atom. The zero-order valence-corrected chi connectivity index (χ0v) is 7.89. The van der Waals surface area contributed by atoms with Crippen LogP contribution in [0.4, 0.5) is 0 Å². The summed E-state index contributed by atoms with van der Waals surface area (Å²) in [5, 5.41) is 0. The molecule has 1 unspecified atom stereocenters. The van der Waals surface area contributed by atoms with Crippen molar-refractivity contribution in [2.45, 2.75) is 27.7 Å². The molecule has 0 saturated carbocycles. The van der Waals surface area contributed by atoms with Crippen molar-refractivity contribution >= 4 is 5.96 Å². The third-order valence-electron chi connectivity index (χ3n) is 2.03. The van der Waals surface area contributed by atoms with Crippen LogP contribution in [0.5, 0.6) is 0 Å². The number of aliphatic imine (C=N–C) groups is 1. The Kier molecular flexibility index (Phi) is 3.36. The first kappa shape index (κ1) is 10.3. The van der Waals surface area contributed by atoms with Crippen LogP contribution in [0.25, 0.3) is 0 Å². The fourth-order valence-corrected chi connectivity index (χ4v) is 0.516. The first-order chi connectivity index (χ1) is 4.84. The summed E-state index contributed by atoms with van der Waals surface area (Å²) in [5.41, 5.74) is 10.7. The molecule has 0 amide bonds. The van der Waals surface area contributed by atoms with Gasteiger partial charge in [0.05, 0.1) is 0 Å². The molecule has 0 aromatic rings. The predicted molar refractivity (Wildman–Crippen MR) is 49.3 cm³/mol. The molecule has 0 aromatic heterocycles. The Bertz CT molecular complexity index is 140. The molecule has 0 aromatic carbocycles. The molecule has 4 N–H and O–H groups in total. The fraction of sp³-hybridized carbons (Fsp3) is 0.875. The minimum absolute atomic E-state index is 0.182. The van der Waals surface area contributed by atoms with Gasteiger partial charge in [-0.3, -0.25) is 4.99 Å².